The number of nitrogens with zero attached hydrogens (tertiary/aromatic N) is 1. The Labute approximate surface area is 126 Å². The van der Waals surface area contributed by atoms with Crippen LogP contribution >= 0.6 is 0 Å². The van der Waals surface area contributed by atoms with E-state index in [1.54, 1.807) is 0 Å². The minimum Gasteiger partial charge on any atom is -0.489 e. The number of aliphatic hydroxyl groups is 1. The van der Waals surface area contributed by atoms with Crippen molar-refractivity contribution in [2.24, 2.45) is 0 Å². The first-order valence-electron chi connectivity index (χ1n) is 7.27. The highest BCUT2D eigenvalue weighted by Gasteiger charge is 2.13. The van der Waals surface area contributed by atoms with Gasteiger partial charge in [0.25, 0.3) is 0 Å². The molecule has 4 nitrogen and oxygen atoms in total. The van der Waals surface area contributed by atoms with Crippen molar-refractivity contribution in [2.75, 3.05) is 13.2 Å². The smallest absolute Gasteiger partial charge is 0.145 e. The van der Waals surface area contributed by atoms with E-state index in [1.807, 2.05) is 37.3 Å². The first kappa shape index (κ1) is 15.7. The van der Waals surface area contributed by atoms with Crippen LogP contribution in [0.3, 0.4) is 0 Å². The third kappa shape index (κ3) is 4.69. The Kier molecular flexibility index (Phi) is 4.80. The molecule has 21 heavy (non-hydrogen) atoms. The summed E-state index contributed by atoms with van der Waals surface area (Å²) in [6, 6.07) is 9.84. The molecule has 114 valence electrons. The van der Waals surface area contributed by atoms with Gasteiger partial charge in [-0.1, -0.05) is 18.2 Å². The van der Waals surface area contributed by atoms with Crippen molar-refractivity contribution >= 4 is 10.9 Å². The molecule has 0 fully saturated rings. The highest BCUT2D eigenvalue weighted by atomic mass is 16.5. The number of aromatic nitrogens is 1. The lowest BCUT2D eigenvalue weighted by Crippen LogP contribution is -2.42. The van der Waals surface area contributed by atoms with Gasteiger partial charge in [-0.15, -0.1) is 0 Å². The van der Waals surface area contributed by atoms with Crippen LogP contribution < -0.4 is 10.1 Å². The number of aliphatic hydroxyl groups excluding tert-OH is 1. The molecular formula is C17H24N2O2. The molecule has 1 heterocycles. The van der Waals surface area contributed by atoms with Gasteiger partial charge in [0.2, 0.25) is 0 Å². The van der Waals surface area contributed by atoms with Gasteiger partial charge >= 0.3 is 0 Å². The van der Waals surface area contributed by atoms with Crippen LogP contribution in [0.2, 0.25) is 0 Å². The molecule has 0 saturated heterocycles. The van der Waals surface area contributed by atoms with Gasteiger partial charge in [0, 0.05) is 23.2 Å². The molecule has 1 aromatic carbocycles. The molecule has 2 aromatic rings. The molecular weight excluding hydrogens is 264 g/mol. The standard InChI is InChI=1S/C17H24N2O2/c1-12-8-9-13-6-5-7-15(16(13)19-12)21-11-14(20)10-18-17(2,3)4/h5-9,14,18,20H,10-11H2,1-4H3. The van der Waals surface area contributed by atoms with Crippen LogP contribution in [0.4, 0.5) is 0 Å². The van der Waals surface area contributed by atoms with Crippen LogP contribution in [0.25, 0.3) is 10.9 Å². The van der Waals surface area contributed by atoms with Gasteiger partial charge in [0.1, 0.15) is 24.0 Å². The zero-order valence-electron chi connectivity index (χ0n) is 13.2. The summed E-state index contributed by atoms with van der Waals surface area (Å²) >= 11 is 0. The summed E-state index contributed by atoms with van der Waals surface area (Å²) < 4.78 is 5.75. The second-order valence-electron chi connectivity index (χ2n) is 6.38. The number of fused-ring (bicyclic) bond motifs is 1. The van der Waals surface area contributed by atoms with E-state index in [4.69, 9.17) is 4.74 Å². The van der Waals surface area contributed by atoms with Gasteiger partial charge in [-0.25, -0.2) is 4.98 Å². The average Bonchev–Trinajstić information content (AvgIpc) is 2.42. The number of rotatable bonds is 5. The molecule has 0 aliphatic carbocycles. The van der Waals surface area contributed by atoms with Gasteiger partial charge < -0.3 is 15.2 Å². The van der Waals surface area contributed by atoms with Gasteiger partial charge in [-0.3, -0.25) is 0 Å². The highest BCUT2D eigenvalue weighted by molar-refractivity contribution is 5.84. The normalized spacial score (nSPS) is 13.4. The monoisotopic (exact) mass is 288 g/mol. The molecule has 0 radical (unpaired) electrons. The molecule has 0 aliphatic rings. The number of pyridine rings is 1. The topological polar surface area (TPSA) is 54.4 Å². The Morgan fingerprint density at radius 1 is 1.24 bits per heavy atom. The van der Waals surface area contributed by atoms with E-state index in [1.165, 1.54) is 0 Å². The summed E-state index contributed by atoms with van der Waals surface area (Å²) in [5.74, 6) is 0.714. The number of para-hydroxylation sites is 1. The Hall–Kier alpha value is -1.65. The average molecular weight is 288 g/mol. The van der Waals surface area contributed by atoms with E-state index in [0.717, 1.165) is 16.6 Å². The lowest BCUT2D eigenvalue weighted by Gasteiger charge is -2.23. The second-order valence-corrected chi connectivity index (χ2v) is 6.38. The third-order valence-electron chi connectivity index (χ3n) is 3.12. The molecule has 2 rings (SSSR count). The zero-order valence-corrected chi connectivity index (χ0v) is 13.2. The number of hydrogen-bond acceptors (Lipinski definition) is 4. The summed E-state index contributed by atoms with van der Waals surface area (Å²) in [6.07, 6.45) is -0.552. The summed E-state index contributed by atoms with van der Waals surface area (Å²) in [7, 11) is 0. The molecule has 1 aromatic heterocycles. The molecule has 0 spiro atoms. The molecule has 4 heteroatoms. The maximum absolute atomic E-state index is 9.99. The molecule has 1 atom stereocenters. The van der Waals surface area contributed by atoms with E-state index in [9.17, 15) is 5.11 Å². The molecule has 0 amide bonds. The van der Waals surface area contributed by atoms with Crippen molar-refractivity contribution in [3.05, 3.63) is 36.0 Å². The number of aryl methyl sites for hydroxylation is 1. The third-order valence-corrected chi connectivity index (χ3v) is 3.12. The first-order chi connectivity index (χ1) is 9.85. The fourth-order valence-electron chi connectivity index (χ4n) is 2.00. The quantitative estimate of drug-likeness (QED) is 0.888. The first-order valence-corrected chi connectivity index (χ1v) is 7.27. The van der Waals surface area contributed by atoms with Crippen LogP contribution in [-0.4, -0.2) is 34.9 Å². The summed E-state index contributed by atoms with van der Waals surface area (Å²) in [5.41, 5.74) is 1.78. The number of nitrogens with one attached hydrogen (secondary N) is 1. The van der Waals surface area contributed by atoms with Crippen LogP contribution in [0.15, 0.2) is 30.3 Å². The zero-order chi connectivity index (χ0) is 15.5. The molecule has 0 aliphatic heterocycles. The fourth-order valence-corrected chi connectivity index (χ4v) is 2.00. The van der Waals surface area contributed by atoms with Crippen LogP contribution in [-0.2, 0) is 0 Å². The van der Waals surface area contributed by atoms with E-state index < -0.39 is 6.10 Å². The maximum Gasteiger partial charge on any atom is 0.145 e. The van der Waals surface area contributed by atoms with E-state index in [2.05, 4.69) is 31.1 Å². The van der Waals surface area contributed by atoms with E-state index in [0.29, 0.717) is 12.3 Å². The van der Waals surface area contributed by atoms with Crippen molar-refractivity contribution in [3.8, 4) is 5.75 Å². The van der Waals surface area contributed by atoms with Crippen LogP contribution in [0.1, 0.15) is 26.5 Å². The van der Waals surface area contributed by atoms with Crippen molar-refractivity contribution < 1.29 is 9.84 Å². The van der Waals surface area contributed by atoms with Crippen molar-refractivity contribution in [3.63, 3.8) is 0 Å². The Bertz CT molecular complexity index is 605. The minimum atomic E-state index is -0.552. The van der Waals surface area contributed by atoms with Crippen LogP contribution in [0, 0.1) is 6.92 Å². The summed E-state index contributed by atoms with van der Waals surface area (Å²) in [4.78, 5) is 4.52. The Balaban J connectivity index is 2.02. The predicted molar refractivity (Wildman–Crippen MR) is 85.7 cm³/mol. The van der Waals surface area contributed by atoms with Gasteiger partial charge in [0.05, 0.1) is 0 Å². The predicted octanol–water partition coefficient (Wildman–Crippen LogP) is 2.67. The van der Waals surface area contributed by atoms with Crippen LogP contribution in [0.5, 0.6) is 5.75 Å². The number of benzene rings is 1. The van der Waals surface area contributed by atoms with E-state index >= 15 is 0 Å². The fraction of sp³-hybridized carbons (Fsp3) is 0.471. The Morgan fingerprint density at radius 2 is 2.00 bits per heavy atom. The SMILES string of the molecule is Cc1ccc2cccc(OCC(O)CNC(C)(C)C)c2n1. The molecule has 1 unspecified atom stereocenters. The minimum absolute atomic E-state index is 0.0148. The van der Waals surface area contributed by atoms with E-state index in [-0.39, 0.29) is 12.1 Å². The van der Waals surface area contributed by atoms with Crippen molar-refractivity contribution in [2.45, 2.75) is 39.3 Å². The van der Waals surface area contributed by atoms with Gasteiger partial charge in [0.15, 0.2) is 0 Å². The number of β-amino-alcohol motifs (C(OH)–C–C–N with tert-alkyl or cyclic N) is 1. The molecule has 0 bridgehead atoms. The molecule has 0 saturated carbocycles. The van der Waals surface area contributed by atoms with Gasteiger partial charge in [-0.2, -0.15) is 0 Å². The van der Waals surface area contributed by atoms with Crippen molar-refractivity contribution in [1.29, 1.82) is 0 Å². The molecule has 2 N–H and O–H groups in total. The Morgan fingerprint density at radius 3 is 2.71 bits per heavy atom. The maximum atomic E-state index is 9.99. The van der Waals surface area contributed by atoms with Crippen molar-refractivity contribution in [1.82, 2.24) is 10.3 Å². The second kappa shape index (κ2) is 6.41. The largest absolute Gasteiger partial charge is 0.489 e. The summed E-state index contributed by atoms with van der Waals surface area (Å²) in [5, 5.41) is 14.3. The van der Waals surface area contributed by atoms with Gasteiger partial charge in [-0.05, 0) is 39.8 Å². The lowest BCUT2D eigenvalue weighted by atomic mass is 10.1. The highest BCUT2D eigenvalue weighted by Crippen LogP contribution is 2.23. The summed E-state index contributed by atoms with van der Waals surface area (Å²) in [6.45, 7) is 8.91. The number of hydrogen-bond donors (Lipinski definition) is 2. The lowest BCUT2D eigenvalue weighted by molar-refractivity contribution is 0.101. The number of ether oxygens (including phenoxy) is 1.